The van der Waals surface area contributed by atoms with Gasteiger partial charge in [-0.2, -0.15) is 17.0 Å². The Balaban J connectivity index is 1.75. The number of ether oxygens (including phenoxy) is 1. The molecule has 0 N–H and O–H groups in total. The Morgan fingerprint density at radius 1 is 1.27 bits per heavy atom. The van der Waals surface area contributed by atoms with Crippen molar-refractivity contribution in [3.8, 4) is 0 Å². The lowest BCUT2D eigenvalue weighted by molar-refractivity contribution is 0.147. The van der Waals surface area contributed by atoms with E-state index in [1.165, 1.54) is 0 Å². The zero-order valence-corrected chi connectivity index (χ0v) is 13.8. The molecular weight excluding hydrogens is 304 g/mol. The van der Waals surface area contributed by atoms with Gasteiger partial charge in [-0.3, -0.25) is 0 Å². The normalized spacial score (nSPS) is 25.4. The van der Waals surface area contributed by atoms with E-state index < -0.39 is 10.2 Å². The molecule has 124 valence electrons. The molecule has 1 atom stereocenters. The van der Waals surface area contributed by atoms with Crippen molar-refractivity contribution in [2.45, 2.75) is 38.8 Å². The molecule has 1 aromatic rings. The molecule has 2 fully saturated rings. The molecule has 2 aliphatic rings. The molecule has 0 aliphatic carbocycles. The standard InChI is InChI=1S/C14H24N4O3S/c1-13-15-5-8-16(13)12-14-4-2-7-18(14)22(19,20)17-6-3-10-21-11-9-17/h5,8,14H,2-4,6-7,9-12H2,1H3/t14-/m1/s1. The minimum absolute atomic E-state index is 0.0158. The van der Waals surface area contributed by atoms with Gasteiger partial charge in [0.15, 0.2) is 0 Å². The molecule has 1 aromatic heterocycles. The van der Waals surface area contributed by atoms with Crippen LogP contribution in [-0.2, 0) is 21.5 Å². The largest absolute Gasteiger partial charge is 0.380 e. The van der Waals surface area contributed by atoms with Crippen LogP contribution in [0.15, 0.2) is 12.4 Å². The van der Waals surface area contributed by atoms with E-state index in [9.17, 15) is 8.42 Å². The fourth-order valence-electron chi connectivity index (χ4n) is 3.22. The fraction of sp³-hybridized carbons (Fsp3) is 0.786. The minimum Gasteiger partial charge on any atom is -0.380 e. The van der Waals surface area contributed by atoms with Gasteiger partial charge in [-0.15, -0.1) is 0 Å². The first kappa shape index (κ1) is 15.9. The van der Waals surface area contributed by atoms with Crippen molar-refractivity contribution in [3.63, 3.8) is 0 Å². The van der Waals surface area contributed by atoms with E-state index in [2.05, 4.69) is 4.98 Å². The monoisotopic (exact) mass is 328 g/mol. The second-order valence-electron chi connectivity index (χ2n) is 5.91. The van der Waals surface area contributed by atoms with Crippen LogP contribution in [0, 0.1) is 6.92 Å². The van der Waals surface area contributed by atoms with E-state index in [1.54, 1.807) is 14.8 Å². The highest BCUT2D eigenvalue weighted by Gasteiger charge is 2.38. The molecule has 8 heteroatoms. The SMILES string of the molecule is Cc1nccn1C[C@H]1CCCN1S(=O)(=O)N1CCCOCC1. The second kappa shape index (κ2) is 6.66. The lowest BCUT2D eigenvalue weighted by Gasteiger charge is -2.30. The highest BCUT2D eigenvalue weighted by molar-refractivity contribution is 7.86. The Bertz CT molecular complexity index is 593. The zero-order chi connectivity index (χ0) is 15.6. The van der Waals surface area contributed by atoms with Crippen LogP contribution in [0.25, 0.3) is 0 Å². The average Bonchev–Trinajstić information content (AvgIpc) is 3.01. The number of aromatic nitrogens is 2. The first-order valence-electron chi connectivity index (χ1n) is 7.91. The number of aryl methyl sites for hydroxylation is 1. The predicted molar refractivity (Wildman–Crippen MR) is 82.6 cm³/mol. The van der Waals surface area contributed by atoms with Crippen LogP contribution in [0.5, 0.6) is 0 Å². The van der Waals surface area contributed by atoms with Crippen molar-refractivity contribution >= 4 is 10.2 Å². The summed E-state index contributed by atoms with van der Waals surface area (Å²) < 4.78 is 36.5. The number of rotatable bonds is 4. The predicted octanol–water partition coefficient (Wildman–Crippen LogP) is 0.623. The highest BCUT2D eigenvalue weighted by Crippen LogP contribution is 2.25. The lowest BCUT2D eigenvalue weighted by atomic mass is 10.2. The van der Waals surface area contributed by atoms with E-state index in [0.29, 0.717) is 39.4 Å². The Hall–Kier alpha value is -0.960. The molecule has 0 radical (unpaired) electrons. The van der Waals surface area contributed by atoms with E-state index in [1.807, 2.05) is 17.7 Å². The van der Waals surface area contributed by atoms with Gasteiger partial charge >= 0.3 is 0 Å². The molecule has 0 amide bonds. The number of hydrogen-bond donors (Lipinski definition) is 0. The van der Waals surface area contributed by atoms with Gasteiger partial charge in [0.1, 0.15) is 5.82 Å². The molecule has 0 aromatic carbocycles. The summed E-state index contributed by atoms with van der Waals surface area (Å²) in [5, 5.41) is 0. The van der Waals surface area contributed by atoms with Gasteiger partial charge < -0.3 is 9.30 Å². The van der Waals surface area contributed by atoms with E-state index in [0.717, 1.165) is 25.1 Å². The maximum Gasteiger partial charge on any atom is 0.282 e. The fourth-order valence-corrected chi connectivity index (χ4v) is 5.09. The van der Waals surface area contributed by atoms with Crippen molar-refractivity contribution in [1.82, 2.24) is 18.2 Å². The molecule has 0 bridgehead atoms. The first-order valence-corrected chi connectivity index (χ1v) is 9.31. The van der Waals surface area contributed by atoms with Gasteiger partial charge in [-0.1, -0.05) is 0 Å². The summed E-state index contributed by atoms with van der Waals surface area (Å²) in [6.45, 7) is 5.36. The van der Waals surface area contributed by atoms with Gasteiger partial charge in [0.2, 0.25) is 0 Å². The van der Waals surface area contributed by atoms with Crippen molar-refractivity contribution < 1.29 is 13.2 Å². The van der Waals surface area contributed by atoms with E-state index in [-0.39, 0.29) is 6.04 Å². The summed E-state index contributed by atoms with van der Waals surface area (Å²) >= 11 is 0. The minimum atomic E-state index is -3.40. The van der Waals surface area contributed by atoms with E-state index in [4.69, 9.17) is 4.74 Å². The summed E-state index contributed by atoms with van der Waals surface area (Å²) in [4.78, 5) is 4.22. The van der Waals surface area contributed by atoms with Crippen molar-refractivity contribution in [3.05, 3.63) is 18.2 Å². The van der Waals surface area contributed by atoms with Crippen molar-refractivity contribution in [2.24, 2.45) is 0 Å². The van der Waals surface area contributed by atoms with Crippen LogP contribution in [0.3, 0.4) is 0 Å². The van der Waals surface area contributed by atoms with Gasteiger partial charge in [0.05, 0.1) is 6.61 Å². The Morgan fingerprint density at radius 3 is 2.91 bits per heavy atom. The summed E-state index contributed by atoms with van der Waals surface area (Å²) in [5.41, 5.74) is 0. The van der Waals surface area contributed by atoms with Crippen LogP contribution in [0.2, 0.25) is 0 Å². The van der Waals surface area contributed by atoms with Gasteiger partial charge in [-0.25, -0.2) is 4.98 Å². The third kappa shape index (κ3) is 3.19. The van der Waals surface area contributed by atoms with Crippen LogP contribution in [0.1, 0.15) is 25.1 Å². The zero-order valence-electron chi connectivity index (χ0n) is 13.0. The van der Waals surface area contributed by atoms with Crippen LogP contribution in [0.4, 0.5) is 0 Å². The summed E-state index contributed by atoms with van der Waals surface area (Å²) in [5.74, 6) is 0.924. The maximum absolute atomic E-state index is 12.9. The van der Waals surface area contributed by atoms with Gasteiger partial charge in [-0.05, 0) is 26.2 Å². The van der Waals surface area contributed by atoms with Crippen LogP contribution < -0.4 is 0 Å². The smallest absolute Gasteiger partial charge is 0.282 e. The second-order valence-corrected chi connectivity index (χ2v) is 7.79. The molecule has 2 aliphatic heterocycles. The molecule has 3 rings (SSSR count). The summed E-state index contributed by atoms with van der Waals surface area (Å²) in [6.07, 6.45) is 6.26. The molecule has 3 heterocycles. The molecule has 2 saturated heterocycles. The van der Waals surface area contributed by atoms with Crippen molar-refractivity contribution in [2.75, 3.05) is 32.8 Å². The highest BCUT2D eigenvalue weighted by atomic mass is 32.2. The van der Waals surface area contributed by atoms with Crippen molar-refractivity contribution in [1.29, 1.82) is 0 Å². The molecule has 0 unspecified atom stereocenters. The Morgan fingerprint density at radius 2 is 2.14 bits per heavy atom. The third-order valence-corrected chi connectivity index (χ3v) is 6.55. The van der Waals surface area contributed by atoms with Gasteiger partial charge in [0, 0.05) is 51.2 Å². The van der Waals surface area contributed by atoms with Crippen LogP contribution >= 0.6 is 0 Å². The summed E-state index contributed by atoms with van der Waals surface area (Å²) in [6, 6.07) is 0.0158. The van der Waals surface area contributed by atoms with Crippen LogP contribution in [-0.4, -0.2) is 65.5 Å². The molecule has 22 heavy (non-hydrogen) atoms. The maximum atomic E-state index is 12.9. The Kier molecular flexibility index (Phi) is 4.82. The number of hydrogen-bond acceptors (Lipinski definition) is 4. The quantitative estimate of drug-likeness (QED) is 0.813. The first-order chi connectivity index (χ1) is 10.6. The van der Waals surface area contributed by atoms with Gasteiger partial charge in [0.25, 0.3) is 10.2 Å². The summed E-state index contributed by atoms with van der Waals surface area (Å²) in [7, 11) is -3.40. The number of imidazole rings is 1. The molecule has 7 nitrogen and oxygen atoms in total. The topological polar surface area (TPSA) is 67.7 Å². The third-order valence-electron chi connectivity index (χ3n) is 4.46. The number of nitrogens with zero attached hydrogens (tertiary/aromatic N) is 4. The molecule has 0 saturated carbocycles. The molecular formula is C14H24N4O3S. The van der Waals surface area contributed by atoms with E-state index >= 15 is 0 Å². The lowest BCUT2D eigenvalue weighted by Crippen LogP contribution is -2.47. The Labute approximate surface area is 132 Å². The average molecular weight is 328 g/mol. The molecule has 0 spiro atoms.